The first-order chi connectivity index (χ1) is 9.20. The van der Waals surface area contributed by atoms with Crippen molar-refractivity contribution in [3.63, 3.8) is 0 Å². The van der Waals surface area contributed by atoms with Crippen LogP contribution in [0.4, 0.5) is 0 Å². The Morgan fingerprint density at radius 2 is 2.16 bits per heavy atom. The monoisotopic (exact) mass is 258 g/mol. The zero-order valence-electron chi connectivity index (χ0n) is 10.9. The molecular weight excluding hydrogens is 244 g/mol. The normalized spacial score (nSPS) is 12.9. The molecule has 0 aliphatic carbocycles. The number of ether oxygens (including phenoxy) is 3. The summed E-state index contributed by atoms with van der Waals surface area (Å²) >= 11 is 0. The van der Waals surface area contributed by atoms with E-state index in [1.165, 1.54) is 6.92 Å². The fourth-order valence-electron chi connectivity index (χ4n) is 2.46. The zero-order valence-corrected chi connectivity index (χ0v) is 10.9. The van der Waals surface area contributed by atoms with Crippen LogP contribution >= 0.6 is 0 Å². The van der Waals surface area contributed by atoms with Gasteiger partial charge in [-0.2, -0.15) is 0 Å². The number of methoxy groups -OCH3 is 1. The average molecular weight is 258 g/mol. The van der Waals surface area contributed by atoms with Gasteiger partial charge in [0.2, 0.25) is 0 Å². The maximum Gasteiger partial charge on any atom is 0.308 e. The van der Waals surface area contributed by atoms with Gasteiger partial charge in [-0.1, -0.05) is 12.1 Å². The van der Waals surface area contributed by atoms with E-state index < -0.39 is 0 Å². The Morgan fingerprint density at radius 3 is 2.89 bits per heavy atom. The van der Waals surface area contributed by atoms with Crippen LogP contribution in [0, 0.1) is 0 Å². The number of fused-ring (bicyclic) bond motifs is 3. The van der Waals surface area contributed by atoms with Gasteiger partial charge in [-0.05, 0) is 12.1 Å². The standard InChI is InChI=1S/C15H14O4/c1-9(16)19-12-5-3-4-11-14(12)13(17-2)8-10-6-7-18-15(10)11/h3-5,8H,6-7H2,1-2H3. The van der Waals surface area contributed by atoms with Crippen LogP contribution < -0.4 is 14.2 Å². The highest BCUT2D eigenvalue weighted by atomic mass is 16.5. The SMILES string of the molecule is COc1cc2c(c3cccc(OC(C)=O)c13)OCC2. The van der Waals surface area contributed by atoms with Crippen molar-refractivity contribution in [1.29, 1.82) is 0 Å². The maximum atomic E-state index is 11.2. The molecule has 4 nitrogen and oxygen atoms in total. The van der Waals surface area contributed by atoms with Crippen molar-refractivity contribution >= 4 is 16.7 Å². The number of esters is 1. The first-order valence-corrected chi connectivity index (χ1v) is 6.14. The molecule has 2 aromatic carbocycles. The molecule has 0 amide bonds. The molecule has 0 fully saturated rings. The van der Waals surface area contributed by atoms with Crippen LogP contribution in [0.3, 0.4) is 0 Å². The Labute approximate surface area is 110 Å². The third kappa shape index (κ3) is 1.89. The third-order valence-electron chi connectivity index (χ3n) is 3.21. The number of carbonyl (C=O) groups excluding carboxylic acids is 1. The first kappa shape index (κ1) is 11.8. The van der Waals surface area contributed by atoms with Gasteiger partial charge in [0.05, 0.1) is 19.1 Å². The van der Waals surface area contributed by atoms with Gasteiger partial charge in [-0.3, -0.25) is 4.79 Å². The van der Waals surface area contributed by atoms with Crippen molar-refractivity contribution in [2.45, 2.75) is 13.3 Å². The quantitative estimate of drug-likeness (QED) is 0.613. The summed E-state index contributed by atoms with van der Waals surface area (Å²) in [7, 11) is 1.61. The van der Waals surface area contributed by atoms with E-state index in [1.54, 1.807) is 13.2 Å². The Kier molecular flexibility index (Phi) is 2.78. The van der Waals surface area contributed by atoms with Gasteiger partial charge in [0.1, 0.15) is 17.2 Å². The van der Waals surface area contributed by atoms with E-state index >= 15 is 0 Å². The van der Waals surface area contributed by atoms with Crippen LogP contribution in [0.1, 0.15) is 12.5 Å². The third-order valence-corrected chi connectivity index (χ3v) is 3.21. The lowest BCUT2D eigenvalue weighted by Gasteiger charge is -2.13. The number of benzene rings is 2. The van der Waals surface area contributed by atoms with E-state index in [-0.39, 0.29) is 5.97 Å². The predicted molar refractivity (Wildman–Crippen MR) is 71.0 cm³/mol. The van der Waals surface area contributed by atoms with E-state index in [2.05, 4.69) is 0 Å². The van der Waals surface area contributed by atoms with Crippen molar-refractivity contribution in [1.82, 2.24) is 0 Å². The molecule has 0 atom stereocenters. The second-order valence-corrected chi connectivity index (χ2v) is 4.44. The Bertz CT molecular complexity index is 661. The van der Waals surface area contributed by atoms with Crippen molar-refractivity contribution in [3.8, 4) is 17.2 Å². The highest BCUT2D eigenvalue weighted by Crippen LogP contribution is 2.43. The molecule has 3 rings (SSSR count). The molecule has 1 aliphatic heterocycles. The smallest absolute Gasteiger partial charge is 0.308 e. The van der Waals surface area contributed by atoms with E-state index in [1.807, 2.05) is 18.2 Å². The second kappa shape index (κ2) is 4.46. The molecule has 0 saturated carbocycles. The largest absolute Gasteiger partial charge is 0.496 e. The van der Waals surface area contributed by atoms with E-state index in [0.717, 1.165) is 28.5 Å². The lowest BCUT2D eigenvalue weighted by molar-refractivity contribution is -0.131. The van der Waals surface area contributed by atoms with Gasteiger partial charge in [0.15, 0.2) is 0 Å². The molecule has 0 aromatic heterocycles. The van der Waals surface area contributed by atoms with Crippen LogP contribution in [0.15, 0.2) is 24.3 Å². The lowest BCUT2D eigenvalue weighted by Crippen LogP contribution is -2.02. The van der Waals surface area contributed by atoms with E-state index in [9.17, 15) is 4.79 Å². The second-order valence-electron chi connectivity index (χ2n) is 4.44. The van der Waals surface area contributed by atoms with Crippen molar-refractivity contribution in [3.05, 3.63) is 29.8 Å². The minimum absolute atomic E-state index is 0.351. The molecule has 1 heterocycles. The molecule has 2 aromatic rings. The number of carbonyl (C=O) groups is 1. The first-order valence-electron chi connectivity index (χ1n) is 6.14. The van der Waals surface area contributed by atoms with E-state index in [4.69, 9.17) is 14.2 Å². The molecule has 0 bridgehead atoms. The van der Waals surface area contributed by atoms with Gasteiger partial charge in [-0.15, -0.1) is 0 Å². The summed E-state index contributed by atoms with van der Waals surface area (Å²) in [4.78, 5) is 11.2. The minimum atomic E-state index is -0.351. The summed E-state index contributed by atoms with van der Waals surface area (Å²) in [5.74, 6) is 1.72. The summed E-state index contributed by atoms with van der Waals surface area (Å²) in [6.07, 6.45) is 0.874. The molecule has 98 valence electrons. The molecule has 19 heavy (non-hydrogen) atoms. The summed E-state index contributed by atoms with van der Waals surface area (Å²) in [5.41, 5.74) is 1.13. The fourth-order valence-corrected chi connectivity index (χ4v) is 2.46. The summed E-state index contributed by atoms with van der Waals surface area (Å²) in [5, 5.41) is 1.70. The average Bonchev–Trinajstić information content (AvgIpc) is 2.85. The van der Waals surface area contributed by atoms with Crippen LogP contribution in [0.25, 0.3) is 10.8 Å². The molecule has 0 N–H and O–H groups in total. The van der Waals surface area contributed by atoms with Gasteiger partial charge >= 0.3 is 5.97 Å². The van der Waals surface area contributed by atoms with Gasteiger partial charge in [-0.25, -0.2) is 0 Å². The van der Waals surface area contributed by atoms with E-state index in [0.29, 0.717) is 18.1 Å². The van der Waals surface area contributed by atoms with Gasteiger partial charge in [0.25, 0.3) is 0 Å². The van der Waals surface area contributed by atoms with Crippen molar-refractivity contribution < 1.29 is 19.0 Å². The summed E-state index contributed by atoms with van der Waals surface area (Å²) in [6, 6.07) is 7.52. The lowest BCUT2D eigenvalue weighted by atomic mass is 10.0. The van der Waals surface area contributed by atoms with Crippen LogP contribution in [0.5, 0.6) is 17.2 Å². The Morgan fingerprint density at radius 1 is 1.32 bits per heavy atom. The van der Waals surface area contributed by atoms with Crippen LogP contribution in [-0.2, 0) is 11.2 Å². The molecular formula is C15H14O4. The predicted octanol–water partition coefficient (Wildman–Crippen LogP) is 2.71. The van der Waals surface area contributed by atoms with Crippen molar-refractivity contribution in [2.75, 3.05) is 13.7 Å². The highest BCUT2D eigenvalue weighted by Gasteiger charge is 2.21. The van der Waals surface area contributed by atoms with Crippen LogP contribution in [-0.4, -0.2) is 19.7 Å². The van der Waals surface area contributed by atoms with Gasteiger partial charge in [0, 0.05) is 24.3 Å². The molecule has 1 aliphatic rings. The zero-order chi connectivity index (χ0) is 13.4. The summed E-state index contributed by atoms with van der Waals surface area (Å²) in [6.45, 7) is 2.06. The number of rotatable bonds is 2. The fraction of sp³-hybridized carbons (Fsp3) is 0.267. The highest BCUT2D eigenvalue weighted by molar-refractivity contribution is 6.00. The molecule has 0 unspecified atom stereocenters. The van der Waals surface area contributed by atoms with Crippen molar-refractivity contribution in [2.24, 2.45) is 0 Å². The van der Waals surface area contributed by atoms with Gasteiger partial charge < -0.3 is 14.2 Å². The topological polar surface area (TPSA) is 44.8 Å². The number of hydrogen-bond acceptors (Lipinski definition) is 4. The molecule has 0 spiro atoms. The number of hydrogen-bond donors (Lipinski definition) is 0. The molecule has 4 heteroatoms. The van der Waals surface area contributed by atoms with Crippen LogP contribution in [0.2, 0.25) is 0 Å². The Hall–Kier alpha value is -2.23. The molecule has 0 saturated heterocycles. The maximum absolute atomic E-state index is 11.2. The molecule has 0 radical (unpaired) electrons. The Balaban J connectivity index is 2.32. The minimum Gasteiger partial charge on any atom is -0.496 e. The summed E-state index contributed by atoms with van der Waals surface area (Å²) < 4.78 is 16.4.